The third-order valence-electron chi connectivity index (χ3n) is 4.53. The van der Waals surface area contributed by atoms with E-state index in [0.717, 1.165) is 27.9 Å². The number of nitrogens with zero attached hydrogens (tertiary/aromatic N) is 2. The highest BCUT2D eigenvalue weighted by Gasteiger charge is 2.13. The first-order chi connectivity index (χ1) is 13.6. The molecule has 6 heteroatoms. The monoisotopic (exact) mass is 379 g/mol. The fourth-order valence-electron chi connectivity index (χ4n) is 3.08. The van der Waals surface area contributed by atoms with Gasteiger partial charge in [-0.1, -0.05) is 30.3 Å². The summed E-state index contributed by atoms with van der Waals surface area (Å²) in [7, 11) is 0. The second kappa shape index (κ2) is 9.17. The van der Waals surface area contributed by atoms with Crippen LogP contribution in [0.15, 0.2) is 48.5 Å². The highest BCUT2D eigenvalue weighted by molar-refractivity contribution is 5.92. The molecule has 0 atom stereocenters. The van der Waals surface area contributed by atoms with Crippen LogP contribution in [0.5, 0.6) is 5.75 Å². The summed E-state index contributed by atoms with van der Waals surface area (Å²) < 4.78 is 6.85. The van der Waals surface area contributed by atoms with E-state index in [1.165, 1.54) is 4.68 Å². The lowest BCUT2D eigenvalue weighted by Crippen LogP contribution is -2.23. The van der Waals surface area contributed by atoms with E-state index in [1.807, 2.05) is 62.4 Å². The van der Waals surface area contributed by atoms with Gasteiger partial charge in [0.05, 0.1) is 17.8 Å². The lowest BCUT2D eigenvalue weighted by molar-refractivity contribution is -0.121. The Kier molecular flexibility index (Phi) is 6.42. The van der Waals surface area contributed by atoms with E-state index in [-0.39, 0.29) is 18.2 Å². The molecule has 1 amide bonds. The number of benzene rings is 2. The molecule has 0 aliphatic rings. The van der Waals surface area contributed by atoms with Gasteiger partial charge in [-0.05, 0) is 44.0 Å². The zero-order chi connectivity index (χ0) is 19.9. The Morgan fingerprint density at radius 1 is 1.07 bits per heavy atom. The van der Waals surface area contributed by atoms with Crippen LogP contribution < -0.4 is 10.1 Å². The first-order valence-corrected chi connectivity index (χ1v) is 9.54. The highest BCUT2D eigenvalue weighted by atomic mass is 16.5. The van der Waals surface area contributed by atoms with Crippen LogP contribution in [0, 0.1) is 6.92 Å². The summed E-state index contributed by atoms with van der Waals surface area (Å²) in [5.41, 5.74) is 2.65. The van der Waals surface area contributed by atoms with Crippen molar-refractivity contribution in [1.29, 1.82) is 0 Å². The van der Waals surface area contributed by atoms with Gasteiger partial charge in [0.2, 0.25) is 11.8 Å². The minimum Gasteiger partial charge on any atom is -0.494 e. The largest absolute Gasteiger partial charge is 0.494 e. The number of fused-ring (bicyclic) bond motifs is 1. The van der Waals surface area contributed by atoms with E-state index in [2.05, 4.69) is 10.4 Å². The molecule has 1 aromatic heterocycles. The van der Waals surface area contributed by atoms with Crippen molar-refractivity contribution in [2.45, 2.75) is 39.7 Å². The van der Waals surface area contributed by atoms with Crippen LogP contribution >= 0.6 is 0 Å². The van der Waals surface area contributed by atoms with E-state index < -0.39 is 0 Å². The Hall–Kier alpha value is -3.15. The fourth-order valence-corrected chi connectivity index (χ4v) is 3.08. The topological polar surface area (TPSA) is 73.2 Å². The number of hydrogen-bond acceptors (Lipinski definition) is 4. The van der Waals surface area contributed by atoms with Gasteiger partial charge in [-0.2, -0.15) is 9.78 Å². The van der Waals surface area contributed by atoms with E-state index in [1.54, 1.807) is 0 Å². The van der Waals surface area contributed by atoms with Gasteiger partial charge in [-0.15, -0.1) is 0 Å². The summed E-state index contributed by atoms with van der Waals surface area (Å²) in [6.45, 7) is 4.92. The molecule has 2 aromatic carbocycles. The van der Waals surface area contributed by atoms with Crippen LogP contribution in [0.2, 0.25) is 0 Å². The quantitative estimate of drug-likeness (QED) is 0.645. The van der Waals surface area contributed by atoms with Gasteiger partial charge in [0.15, 0.2) is 0 Å². The third-order valence-corrected chi connectivity index (χ3v) is 4.53. The maximum atomic E-state index is 12.5. The Morgan fingerprint density at radius 3 is 2.57 bits per heavy atom. The first-order valence-electron chi connectivity index (χ1n) is 9.54. The number of aryl methyl sites for hydroxylation is 1. The van der Waals surface area contributed by atoms with Crippen molar-refractivity contribution in [2.24, 2.45) is 0 Å². The predicted octanol–water partition coefficient (Wildman–Crippen LogP) is 3.87. The Bertz CT molecular complexity index is 961. The van der Waals surface area contributed by atoms with Crippen molar-refractivity contribution in [1.82, 2.24) is 15.1 Å². The van der Waals surface area contributed by atoms with Gasteiger partial charge in [-0.25, -0.2) is 0 Å². The molecule has 0 saturated carbocycles. The molecule has 0 radical (unpaired) electrons. The molecule has 146 valence electrons. The molecule has 0 saturated heterocycles. The summed E-state index contributed by atoms with van der Waals surface area (Å²) >= 11 is 0. The molecular formula is C22H25N3O3. The first kappa shape index (κ1) is 19.6. The van der Waals surface area contributed by atoms with Gasteiger partial charge in [0.25, 0.3) is 0 Å². The predicted molar refractivity (Wildman–Crippen MR) is 108 cm³/mol. The number of nitrogens with one attached hydrogen (secondary N) is 1. The summed E-state index contributed by atoms with van der Waals surface area (Å²) in [6, 6.07) is 15.3. The van der Waals surface area contributed by atoms with E-state index in [0.29, 0.717) is 26.0 Å². The molecule has 1 heterocycles. The van der Waals surface area contributed by atoms with E-state index >= 15 is 0 Å². The van der Waals surface area contributed by atoms with Crippen molar-refractivity contribution in [3.63, 3.8) is 0 Å². The van der Waals surface area contributed by atoms with Gasteiger partial charge in [0.1, 0.15) is 5.75 Å². The van der Waals surface area contributed by atoms with Crippen LogP contribution in [0.3, 0.4) is 0 Å². The summed E-state index contributed by atoms with van der Waals surface area (Å²) in [4.78, 5) is 24.5. The standard InChI is InChI=1S/C22H25N3O3/c1-3-28-18-13-11-17(12-14-18)15-23-21(26)9-6-10-22(27)25-20-8-5-4-7-19(20)16(2)24-25/h4-5,7-8,11-14H,3,6,9-10,15H2,1-2H3,(H,23,26). The summed E-state index contributed by atoms with van der Waals surface area (Å²) in [6.07, 6.45) is 1.07. The minimum absolute atomic E-state index is 0.0665. The smallest absolute Gasteiger partial charge is 0.247 e. The van der Waals surface area contributed by atoms with Crippen molar-refractivity contribution in [2.75, 3.05) is 6.61 Å². The molecule has 1 N–H and O–H groups in total. The average molecular weight is 379 g/mol. The summed E-state index contributed by atoms with van der Waals surface area (Å²) in [5.74, 6) is 0.657. The average Bonchev–Trinajstić information content (AvgIpc) is 3.05. The maximum Gasteiger partial charge on any atom is 0.247 e. The van der Waals surface area contributed by atoms with Crippen LogP contribution in [0.4, 0.5) is 0 Å². The van der Waals surface area contributed by atoms with Crippen molar-refractivity contribution in [3.05, 3.63) is 59.8 Å². The van der Waals surface area contributed by atoms with Crippen molar-refractivity contribution < 1.29 is 14.3 Å². The molecule has 0 bridgehead atoms. The summed E-state index contributed by atoms with van der Waals surface area (Å²) in [5, 5.41) is 8.20. The maximum absolute atomic E-state index is 12.5. The van der Waals surface area contributed by atoms with Crippen molar-refractivity contribution >= 4 is 22.7 Å². The van der Waals surface area contributed by atoms with Gasteiger partial charge in [0, 0.05) is 24.8 Å². The number of amides is 1. The number of carbonyl (C=O) groups excluding carboxylic acids is 2. The van der Waals surface area contributed by atoms with Crippen LogP contribution in [-0.2, 0) is 11.3 Å². The number of hydrogen-bond donors (Lipinski definition) is 1. The lowest BCUT2D eigenvalue weighted by atomic mass is 10.2. The Balaban J connectivity index is 1.45. The van der Waals surface area contributed by atoms with Crippen LogP contribution in [0.25, 0.3) is 10.9 Å². The normalized spacial score (nSPS) is 10.8. The molecule has 3 rings (SSSR count). The van der Waals surface area contributed by atoms with Gasteiger partial charge >= 0.3 is 0 Å². The zero-order valence-corrected chi connectivity index (χ0v) is 16.3. The lowest BCUT2D eigenvalue weighted by Gasteiger charge is -2.07. The molecule has 28 heavy (non-hydrogen) atoms. The highest BCUT2D eigenvalue weighted by Crippen LogP contribution is 2.18. The number of para-hydroxylation sites is 1. The number of aromatic nitrogens is 2. The fraction of sp³-hybridized carbons (Fsp3) is 0.318. The number of ether oxygens (including phenoxy) is 1. The molecule has 6 nitrogen and oxygen atoms in total. The molecule has 0 aliphatic heterocycles. The molecule has 0 spiro atoms. The molecule has 0 fully saturated rings. The zero-order valence-electron chi connectivity index (χ0n) is 16.3. The molecular weight excluding hydrogens is 354 g/mol. The van der Waals surface area contributed by atoms with E-state index in [4.69, 9.17) is 4.74 Å². The van der Waals surface area contributed by atoms with E-state index in [9.17, 15) is 9.59 Å². The molecule has 3 aromatic rings. The van der Waals surface area contributed by atoms with Crippen LogP contribution in [-0.4, -0.2) is 28.2 Å². The van der Waals surface area contributed by atoms with Crippen LogP contribution in [0.1, 0.15) is 42.2 Å². The SMILES string of the molecule is CCOc1ccc(CNC(=O)CCCC(=O)n2nc(C)c3ccccc32)cc1. The number of carbonyl (C=O) groups is 2. The second-order valence-corrected chi connectivity index (χ2v) is 6.62. The van der Waals surface area contributed by atoms with Gasteiger partial charge in [-0.3, -0.25) is 9.59 Å². The number of rotatable bonds is 8. The second-order valence-electron chi connectivity index (χ2n) is 6.62. The Labute approximate surface area is 164 Å². The minimum atomic E-state index is -0.0939. The molecule has 0 unspecified atom stereocenters. The third kappa shape index (κ3) is 4.76. The molecule has 0 aliphatic carbocycles. The van der Waals surface area contributed by atoms with Crippen molar-refractivity contribution in [3.8, 4) is 5.75 Å². The van der Waals surface area contributed by atoms with Gasteiger partial charge < -0.3 is 10.1 Å². The Morgan fingerprint density at radius 2 is 1.82 bits per heavy atom.